The van der Waals surface area contributed by atoms with Crippen LogP contribution in [0.2, 0.25) is 0 Å². The van der Waals surface area contributed by atoms with E-state index in [1.54, 1.807) is 19.2 Å². The van der Waals surface area contributed by atoms with Crippen LogP contribution in [0.5, 0.6) is 5.75 Å². The van der Waals surface area contributed by atoms with Crippen LogP contribution in [0.25, 0.3) is 0 Å². The highest BCUT2D eigenvalue weighted by atomic mass is 16.5. The smallest absolute Gasteiger partial charge is 0.247 e. The van der Waals surface area contributed by atoms with Gasteiger partial charge >= 0.3 is 0 Å². The lowest BCUT2D eigenvalue weighted by Crippen LogP contribution is -2.37. The lowest BCUT2D eigenvalue weighted by molar-refractivity contribution is -0.122. The van der Waals surface area contributed by atoms with Crippen LogP contribution in [0.3, 0.4) is 0 Å². The van der Waals surface area contributed by atoms with E-state index in [-0.39, 0.29) is 11.8 Å². The van der Waals surface area contributed by atoms with Crippen LogP contribution in [0.15, 0.2) is 24.3 Å². The Morgan fingerprint density at radius 2 is 2.24 bits per heavy atom. The highest BCUT2D eigenvalue weighted by Crippen LogP contribution is 2.23. The van der Waals surface area contributed by atoms with E-state index < -0.39 is 6.04 Å². The van der Waals surface area contributed by atoms with E-state index >= 15 is 0 Å². The van der Waals surface area contributed by atoms with Gasteiger partial charge in [-0.05, 0) is 18.6 Å². The summed E-state index contributed by atoms with van der Waals surface area (Å²) >= 11 is 0. The second-order valence-corrected chi connectivity index (χ2v) is 3.85. The molecule has 17 heavy (non-hydrogen) atoms. The SMILES string of the molecule is COc1ccccc1NC(=O)[C@@H]1CCC(=O)N1. The lowest BCUT2D eigenvalue weighted by Gasteiger charge is -2.13. The number of carbonyl (C=O) groups is 2. The Morgan fingerprint density at radius 1 is 1.47 bits per heavy atom. The largest absolute Gasteiger partial charge is 0.495 e. The molecule has 2 N–H and O–H groups in total. The van der Waals surface area contributed by atoms with Crippen LogP contribution in [-0.4, -0.2) is 25.0 Å². The normalized spacial score (nSPS) is 18.6. The second kappa shape index (κ2) is 4.86. The second-order valence-electron chi connectivity index (χ2n) is 3.85. The predicted octanol–water partition coefficient (Wildman–Crippen LogP) is 0.912. The fourth-order valence-corrected chi connectivity index (χ4v) is 1.78. The van der Waals surface area contributed by atoms with Crippen LogP contribution in [0.4, 0.5) is 5.69 Å². The third kappa shape index (κ3) is 2.55. The molecule has 5 nitrogen and oxygen atoms in total. The molecule has 1 aliphatic heterocycles. The van der Waals surface area contributed by atoms with Crippen molar-refractivity contribution in [3.8, 4) is 5.75 Å². The molecule has 90 valence electrons. The summed E-state index contributed by atoms with van der Waals surface area (Å²) in [4.78, 5) is 22.9. The van der Waals surface area contributed by atoms with Crippen molar-refractivity contribution in [2.75, 3.05) is 12.4 Å². The average molecular weight is 234 g/mol. The van der Waals surface area contributed by atoms with E-state index in [9.17, 15) is 9.59 Å². The van der Waals surface area contributed by atoms with E-state index in [0.717, 1.165) is 0 Å². The quantitative estimate of drug-likeness (QED) is 0.817. The van der Waals surface area contributed by atoms with E-state index in [1.807, 2.05) is 12.1 Å². The van der Waals surface area contributed by atoms with Crippen molar-refractivity contribution in [3.05, 3.63) is 24.3 Å². The molecule has 1 heterocycles. The minimum absolute atomic E-state index is 0.0785. The van der Waals surface area contributed by atoms with Crippen molar-refractivity contribution < 1.29 is 14.3 Å². The van der Waals surface area contributed by atoms with Crippen molar-refractivity contribution >= 4 is 17.5 Å². The topological polar surface area (TPSA) is 67.4 Å². The third-order valence-electron chi connectivity index (χ3n) is 2.68. The first kappa shape index (κ1) is 11.4. The Balaban J connectivity index is 2.05. The number of methoxy groups -OCH3 is 1. The Kier molecular flexibility index (Phi) is 3.27. The lowest BCUT2D eigenvalue weighted by atomic mass is 10.2. The minimum Gasteiger partial charge on any atom is -0.495 e. The minimum atomic E-state index is -0.438. The van der Waals surface area contributed by atoms with Crippen molar-refractivity contribution in [3.63, 3.8) is 0 Å². The summed E-state index contributed by atoms with van der Waals surface area (Å²) in [5.74, 6) is 0.315. The highest BCUT2D eigenvalue weighted by molar-refractivity contribution is 5.99. The molecule has 0 unspecified atom stereocenters. The molecule has 1 aromatic carbocycles. The van der Waals surface area contributed by atoms with Gasteiger partial charge < -0.3 is 15.4 Å². The fourth-order valence-electron chi connectivity index (χ4n) is 1.78. The first-order valence-electron chi connectivity index (χ1n) is 5.44. The molecular weight excluding hydrogens is 220 g/mol. The molecule has 1 atom stereocenters. The molecule has 0 spiro atoms. The molecule has 1 fully saturated rings. The first-order valence-corrected chi connectivity index (χ1v) is 5.44. The van der Waals surface area contributed by atoms with Crippen molar-refractivity contribution in [2.24, 2.45) is 0 Å². The van der Waals surface area contributed by atoms with Gasteiger partial charge in [-0.3, -0.25) is 9.59 Å². The summed E-state index contributed by atoms with van der Waals surface area (Å²) in [6.45, 7) is 0. The number of nitrogens with one attached hydrogen (secondary N) is 2. The number of para-hydroxylation sites is 2. The predicted molar refractivity (Wildman–Crippen MR) is 62.8 cm³/mol. The molecule has 1 aliphatic rings. The highest BCUT2D eigenvalue weighted by Gasteiger charge is 2.27. The van der Waals surface area contributed by atoms with E-state index in [4.69, 9.17) is 4.74 Å². The van der Waals surface area contributed by atoms with Crippen LogP contribution in [-0.2, 0) is 9.59 Å². The molecule has 2 amide bonds. The summed E-state index contributed by atoms with van der Waals surface area (Å²) in [7, 11) is 1.54. The van der Waals surface area contributed by atoms with Gasteiger partial charge in [0.2, 0.25) is 11.8 Å². The molecule has 0 saturated carbocycles. The van der Waals surface area contributed by atoms with Crippen molar-refractivity contribution in [1.82, 2.24) is 5.32 Å². The summed E-state index contributed by atoms with van der Waals surface area (Å²) in [6.07, 6.45) is 0.948. The number of anilines is 1. The molecule has 0 bridgehead atoms. The van der Waals surface area contributed by atoms with Crippen LogP contribution >= 0.6 is 0 Å². The van der Waals surface area contributed by atoms with Crippen LogP contribution in [0.1, 0.15) is 12.8 Å². The van der Waals surface area contributed by atoms with Gasteiger partial charge in [0, 0.05) is 6.42 Å². The number of hydrogen-bond acceptors (Lipinski definition) is 3. The Bertz CT molecular complexity index is 445. The maximum absolute atomic E-state index is 11.8. The molecule has 1 aromatic rings. The molecule has 0 radical (unpaired) electrons. The maximum atomic E-state index is 11.8. The van der Waals surface area contributed by atoms with Crippen LogP contribution < -0.4 is 15.4 Å². The van der Waals surface area contributed by atoms with Crippen molar-refractivity contribution in [2.45, 2.75) is 18.9 Å². The van der Waals surface area contributed by atoms with Gasteiger partial charge in [0.25, 0.3) is 0 Å². The molecule has 1 saturated heterocycles. The number of rotatable bonds is 3. The van der Waals surface area contributed by atoms with Gasteiger partial charge in [0.15, 0.2) is 0 Å². The van der Waals surface area contributed by atoms with Gasteiger partial charge in [0.1, 0.15) is 11.8 Å². The Hall–Kier alpha value is -2.04. The molecule has 5 heteroatoms. The standard InChI is InChI=1S/C12H14N2O3/c1-17-10-5-3-2-4-8(10)14-12(16)9-6-7-11(15)13-9/h2-5,9H,6-7H2,1H3,(H,13,15)(H,14,16)/t9-/m0/s1. The number of carbonyl (C=O) groups excluding carboxylic acids is 2. The van der Waals surface area contributed by atoms with Gasteiger partial charge in [0.05, 0.1) is 12.8 Å². The Labute approximate surface area is 99.2 Å². The summed E-state index contributed by atoms with van der Waals surface area (Å²) < 4.78 is 5.13. The number of benzene rings is 1. The summed E-state index contributed by atoms with van der Waals surface area (Å²) in [5, 5.41) is 5.36. The van der Waals surface area contributed by atoms with Gasteiger partial charge in [-0.1, -0.05) is 12.1 Å². The van der Waals surface area contributed by atoms with E-state index in [1.165, 1.54) is 0 Å². The zero-order valence-electron chi connectivity index (χ0n) is 9.53. The number of hydrogen-bond donors (Lipinski definition) is 2. The molecule has 2 rings (SSSR count). The molecule has 0 aliphatic carbocycles. The fraction of sp³-hybridized carbons (Fsp3) is 0.333. The average Bonchev–Trinajstić information content (AvgIpc) is 2.77. The zero-order valence-corrected chi connectivity index (χ0v) is 9.53. The molecular formula is C12H14N2O3. The summed E-state index contributed by atoms with van der Waals surface area (Å²) in [6, 6.07) is 6.72. The van der Waals surface area contributed by atoms with E-state index in [2.05, 4.69) is 10.6 Å². The number of ether oxygens (including phenoxy) is 1. The number of amides is 2. The van der Waals surface area contributed by atoms with Crippen LogP contribution in [0, 0.1) is 0 Å². The molecule has 0 aromatic heterocycles. The first-order chi connectivity index (χ1) is 8.20. The summed E-state index contributed by atoms with van der Waals surface area (Å²) in [5.41, 5.74) is 0.612. The maximum Gasteiger partial charge on any atom is 0.247 e. The van der Waals surface area contributed by atoms with Gasteiger partial charge in [-0.25, -0.2) is 0 Å². The Morgan fingerprint density at radius 3 is 2.88 bits per heavy atom. The van der Waals surface area contributed by atoms with E-state index in [0.29, 0.717) is 24.3 Å². The van der Waals surface area contributed by atoms with Gasteiger partial charge in [-0.15, -0.1) is 0 Å². The van der Waals surface area contributed by atoms with Gasteiger partial charge in [-0.2, -0.15) is 0 Å². The zero-order chi connectivity index (χ0) is 12.3. The van der Waals surface area contributed by atoms with Crippen molar-refractivity contribution in [1.29, 1.82) is 0 Å². The third-order valence-corrected chi connectivity index (χ3v) is 2.68. The monoisotopic (exact) mass is 234 g/mol.